The first-order valence-electron chi connectivity index (χ1n) is 7.99. The van der Waals surface area contributed by atoms with Crippen molar-refractivity contribution in [2.45, 2.75) is 30.8 Å². The summed E-state index contributed by atoms with van der Waals surface area (Å²) in [7, 11) is -3.63. The van der Waals surface area contributed by atoms with Crippen LogP contribution in [0.3, 0.4) is 0 Å². The summed E-state index contributed by atoms with van der Waals surface area (Å²) >= 11 is 0. The van der Waals surface area contributed by atoms with Crippen LogP contribution in [-0.2, 0) is 16.6 Å². The summed E-state index contributed by atoms with van der Waals surface area (Å²) < 4.78 is 41.0. The van der Waals surface area contributed by atoms with E-state index in [0.717, 1.165) is 19.5 Å². The van der Waals surface area contributed by atoms with Crippen molar-refractivity contribution in [2.24, 2.45) is 0 Å². The van der Waals surface area contributed by atoms with E-state index in [0.29, 0.717) is 12.1 Å². The lowest BCUT2D eigenvalue weighted by molar-refractivity contribution is 0.324. The highest BCUT2D eigenvalue weighted by Gasteiger charge is 2.28. The highest BCUT2D eigenvalue weighted by atomic mass is 32.2. The standard InChI is InChI=1S/C18H21FN2O2S/c1-14-11-16(19)7-8-18(14)24(22,23)20-17-9-10-21(13-17)12-15-5-3-2-4-6-15/h2-8,11,17,20H,9-10,12-13H2,1H3. The van der Waals surface area contributed by atoms with Crippen molar-refractivity contribution in [3.8, 4) is 0 Å². The normalized spacial score (nSPS) is 18.8. The van der Waals surface area contributed by atoms with E-state index in [4.69, 9.17) is 0 Å². The summed E-state index contributed by atoms with van der Waals surface area (Å²) in [6, 6.07) is 13.7. The van der Waals surface area contributed by atoms with Gasteiger partial charge in [-0.2, -0.15) is 0 Å². The van der Waals surface area contributed by atoms with Crippen LogP contribution in [0.1, 0.15) is 17.5 Å². The Hall–Kier alpha value is -1.76. The number of hydrogen-bond acceptors (Lipinski definition) is 3. The molecule has 1 fully saturated rings. The fourth-order valence-electron chi connectivity index (χ4n) is 3.11. The van der Waals surface area contributed by atoms with E-state index in [1.165, 1.54) is 23.8 Å². The van der Waals surface area contributed by atoms with Gasteiger partial charge in [0.15, 0.2) is 0 Å². The number of likely N-dealkylation sites (tertiary alicyclic amines) is 1. The molecule has 6 heteroatoms. The summed E-state index contributed by atoms with van der Waals surface area (Å²) in [5.41, 5.74) is 1.64. The van der Waals surface area contributed by atoms with Crippen molar-refractivity contribution in [1.82, 2.24) is 9.62 Å². The number of rotatable bonds is 5. The van der Waals surface area contributed by atoms with E-state index >= 15 is 0 Å². The van der Waals surface area contributed by atoms with Crippen molar-refractivity contribution < 1.29 is 12.8 Å². The predicted molar refractivity (Wildman–Crippen MR) is 91.6 cm³/mol. The minimum absolute atomic E-state index is 0.122. The second kappa shape index (κ2) is 7.01. The van der Waals surface area contributed by atoms with E-state index in [1.54, 1.807) is 6.92 Å². The Kier molecular flexibility index (Phi) is 4.99. The van der Waals surface area contributed by atoms with Gasteiger partial charge in [0.2, 0.25) is 10.0 Å². The summed E-state index contributed by atoms with van der Waals surface area (Å²) in [4.78, 5) is 2.38. The lowest BCUT2D eigenvalue weighted by Gasteiger charge is -2.17. The first-order valence-corrected chi connectivity index (χ1v) is 9.47. The Balaban J connectivity index is 1.64. The van der Waals surface area contributed by atoms with E-state index in [-0.39, 0.29) is 10.9 Å². The van der Waals surface area contributed by atoms with Gasteiger partial charge in [0.1, 0.15) is 5.82 Å². The van der Waals surface area contributed by atoms with Crippen molar-refractivity contribution in [1.29, 1.82) is 0 Å². The maximum Gasteiger partial charge on any atom is 0.241 e. The summed E-state index contributed by atoms with van der Waals surface area (Å²) in [5.74, 6) is -0.429. The molecule has 0 saturated carbocycles. The predicted octanol–water partition coefficient (Wildman–Crippen LogP) is 2.69. The molecule has 1 saturated heterocycles. The van der Waals surface area contributed by atoms with Crippen LogP contribution in [0.4, 0.5) is 4.39 Å². The minimum Gasteiger partial charge on any atom is -0.297 e. The minimum atomic E-state index is -3.63. The van der Waals surface area contributed by atoms with Crippen molar-refractivity contribution in [3.63, 3.8) is 0 Å². The SMILES string of the molecule is Cc1cc(F)ccc1S(=O)(=O)NC1CCN(Cc2ccccc2)C1. The summed E-state index contributed by atoms with van der Waals surface area (Å²) in [5, 5.41) is 0. The van der Waals surface area contributed by atoms with E-state index in [9.17, 15) is 12.8 Å². The quantitative estimate of drug-likeness (QED) is 0.904. The van der Waals surface area contributed by atoms with Gasteiger partial charge in [-0.15, -0.1) is 0 Å². The van der Waals surface area contributed by atoms with Gasteiger partial charge >= 0.3 is 0 Å². The lowest BCUT2D eigenvalue weighted by Crippen LogP contribution is -2.37. The molecule has 128 valence electrons. The highest BCUT2D eigenvalue weighted by molar-refractivity contribution is 7.89. The first kappa shape index (κ1) is 17.1. The van der Waals surface area contributed by atoms with Gasteiger partial charge < -0.3 is 0 Å². The molecule has 1 aliphatic rings. The van der Waals surface area contributed by atoms with Gasteiger partial charge in [-0.1, -0.05) is 30.3 Å². The Morgan fingerprint density at radius 3 is 2.67 bits per heavy atom. The smallest absolute Gasteiger partial charge is 0.241 e. The third-order valence-corrected chi connectivity index (χ3v) is 5.95. The van der Waals surface area contributed by atoms with Gasteiger partial charge in [0.25, 0.3) is 0 Å². The second-order valence-corrected chi connectivity index (χ2v) is 7.92. The van der Waals surface area contributed by atoms with Crippen LogP contribution in [-0.4, -0.2) is 32.4 Å². The molecule has 2 aromatic rings. The van der Waals surface area contributed by atoms with E-state index < -0.39 is 15.8 Å². The average Bonchev–Trinajstić information content (AvgIpc) is 2.94. The fraction of sp³-hybridized carbons (Fsp3) is 0.333. The first-order chi connectivity index (χ1) is 11.4. The number of nitrogens with one attached hydrogen (secondary N) is 1. The maximum atomic E-state index is 13.2. The molecule has 0 amide bonds. The monoisotopic (exact) mass is 348 g/mol. The van der Waals surface area contributed by atoms with E-state index in [1.807, 2.05) is 18.2 Å². The van der Waals surface area contributed by atoms with Gasteiger partial charge in [-0.05, 0) is 42.7 Å². The topological polar surface area (TPSA) is 49.4 Å². The molecule has 1 N–H and O–H groups in total. The zero-order valence-corrected chi connectivity index (χ0v) is 14.4. The van der Waals surface area contributed by atoms with Crippen LogP contribution in [0.2, 0.25) is 0 Å². The average molecular weight is 348 g/mol. The van der Waals surface area contributed by atoms with Crippen LogP contribution in [0.5, 0.6) is 0 Å². The zero-order chi connectivity index (χ0) is 17.2. The van der Waals surface area contributed by atoms with Crippen LogP contribution < -0.4 is 4.72 Å². The van der Waals surface area contributed by atoms with Crippen LogP contribution in [0, 0.1) is 12.7 Å². The van der Waals surface area contributed by atoms with Crippen LogP contribution in [0.15, 0.2) is 53.4 Å². The highest BCUT2D eigenvalue weighted by Crippen LogP contribution is 2.19. The number of nitrogens with zero attached hydrogens (tertiary/aromatic N) is 1. The van der Waals surface area contributed by atoms with E-state index in [2.05, 4.69) is 21.8 Å². The molecule has 1 atom stereocenters. The molecule has 2 aromatic carbocycles. The Bertz CT molecular complexity index is 809. The van der Waals surface area contributed by atoms with Crippen molar-refractivity contribution in [3.05, 3.63) is 65.5 Å². The van der Waals surface area contributed by atoms with Gasteiger partial charge in [0, 0.05) is 25.7 Å². The molecule has 0 spiro atoms. The molecule has 4 nitrogen and oxygen atoms in total. The van der Waals surface area contributed by atoms with Gasteiger partial charge in [-0.25, -0.2) is 17.5 Å². The molecular weight excluding hydrogens is 327 g/mol. The Morgan fingerprint density at radius 2 is 1.96 bits per heavy atom. The van der Waals surface area contributed by atoms with Crippen LogP contribution >= 0.6 is 0 Å². The summed E-state index contributed by atoms with van der Waals surface area (Å²) in [6.07, 6.45) is 0.770. The zero-order valence-electron chi connectivity index (χ0n) is 13.6. The fourth-order valence-corrected chi connectivity index (χ4v) is 4.60. The molecule has 3 rings (SSSR count). The Morgan fingerprint density at radius 1 is 1.21 bits per heavy atom. The van der Waals surface area contributed by atoms with Gasteiger partial charge in [0.05, 0.1) is 4.90 Å². The molecule has 0 aliphatic carbocycles. The van der Waals surface area contributed by atoms with Crippen LogP contribution in [0.25, 0.3) is 0 Å². The lowest BCUT2D eigenvalue weighted by atomic mass is 10.2. The molecule has 24 heavy (non-hydrogen) atoms. The molecule has 1 aliphatic heterocycles. The third kappa shape index (κ3) is 4.01. The molecule has 0 radical (unpaired) electrons. The largest absolute Gasteiger partial charge is 0.297 e. The Labute approximate surface area is 142 Å². The number of halogens is 1. The maximum absolute atomic E-state index is 13.2. The second-order valence-electron chi connectivity index (χ2n) is 6.24. The third-order valence-electron chi connectivity index (χ3n) is 4.27. The van der Waals surface area contributed by atoms with Crippen molar-refractivity contribution >= 4 is 10.0 Å². The number of sulfonamides is 1. The molecule has 1 heterocycles. The van der Waals surface area contributed by atoms with Gasteiger partial charge in [-0.3, -0.25) is 4.90 Å². The molecule has 0 bridgehead atoms. The number of aryl methyl sites for hydroxylation is 1. The molecular formula is C18H21FN2O2S. The molecule has 0 aromatic heterocycles. The van der Waals surface area contributed by atoms with Crippen molar-refractivity contribution in [2.75, 3.05) is 13.1 Å². The molecule has 1 unspecified atom stereocenters. The number of benzene rings is 2. The summed E-state index contributed by atoms with van der Waals surface area (Å²) in [6.45, 7) is 3.95. The number of hydrogen-bond donors (Lipinski definition) is 1.